The average Bonchev–Trinajstić information content (AvgIpc) is 2.57. The van der Waals surface area contributed by atoms with Crippen LogP contribution in [0.3, 0.4) is 0 Å². The second-order valence-electron chi connectivity index (χ2n) is 6.89. The molecule has 2 nitrogen and oxygen atoms in total. The SMILES string of the molecule is CC.CCC(C)CC1CCN(C2CCN(CC)CC2)CC1. The summed E-state index contributed by atoms with van der Waals surface area (Å²) in [5, 5.41) is 0. The summed E-state index contributed by atoms with van der Waals surface area (Å²) in [6, 6.07) is 0.896. The molecule has 2 saturated heterocycles. The minimum absolute atomic E-state index is 0.896. The van der Waals surface area contributed by atoms with E-state index < -0.39 is 0 Å². The third-order valence-electron chi connectivity index (χ3n) is 5.60. The third kappa shape index (κ3) is 6.28. The van der Waals surface area contributed by atoms with E-state index in [0.29, 0.717) is 0 Å². The number of rotatable bonds is 5. The zero-order valence-electron chi connectivity index (χ0n) is 15.4. The predicted molar refractivity (Wildman–Crippen MR) is 94.9 cm³/mol. The van der Waals surface area contributed by atoms with Crippen LogP contribution in [0.2, 0.25) is 0 Å². The standard InChI is InChI=1S/C17H34N2.C2H6/c1-4-15(3)14-16-6-12-19(13-7-16)17-8-10-18(5-2)11-9-17;1-2/h15-17H,4-14H2,1-3H3;1-2H3. The molecule has 21 heavy (non-hydrogen) atoms. The molecule has 2 fully saturated rings. The summed E-state index contributed by atoms with van der Waals surface area (Å²) in [7, 11) is 0. The van der Waals surface area contributed by atoms with Crippen LogP contribution in [0.15, 0.2) is 0 Å². The van der Waals surface area contributed by atoms with Gasteiger partial charge in [-0.1, -0.05) is 41.0 Å². The van der Waals surface area contributed by atoms with Crippen molar-refractivity contribution >= 4 is 0 Å². The predicted octanol–water partition coefficient (Wildman–Crippen LogP) is 4.65. The summed E-state index contributed by atoms with van der Waals surface area (Å²) in [5.74, 6) is 1.95. The molecule has 126 valence electrons. The van der Waals surface area contributed by atoms with Crippen molar-refractivity contribution in [3.8, 4) is 0 Å². The molecule has 0 aliphatic carbocycles. The first-order valence-corrected chi connectivity index (χ1v) is 9.69. The molecule has 2 aliphatic rings. The van der Waals surface area contributed by atoms with E-state index in [9.17, 15) is 0 Å². The van der Waals surface area contributed by atoms with Crippen molar-refractivity contribution in [2.45, 2.75) is 79.2 Å². The van der Waals surface area contributed by atoms with Crippen LogP contribution in [0.25, 0.3) is 0 Å². The maximum absolute atomic E-state index is 2.81. The Hall–Kier alpha value is -0.0800. The number of likely N-dealkylation sites (tertiary alicyclic amines) is 2. The van der Waals surface area contributed by atoms with Gasteiger partial charge in [-0.2, -0.15) is 0 Å². The Balaban J connectivity index is 0.00000106. The molecule has 1 atom stereocenters. The van der Waals surface area contributed by atoms with Crippen LogP contribution in [0.4, 0.5) is 0 Å². The molecule has 1 unspecified atom stereocenters. The summed E-state index contributed by atoms with van der Waals surface area (Å²) >= 11 is 0. The average molecular weight is 297 g/mol. The van der Waals surface area contributed by atoms with E-state index in [4.69, 9.17) is 0 Å². The van der Waals surface area contributed by atoms with Crippen molar-refractivity contribution in [3.63, 3.8) is 0 Å². The van der Waals surface area contributed by atoms with Crippen LogP contribution >= 0.6 is 0 Å². The van der Waals surface area contributed by atoms with Crippen molar-refractivity contribution in [2.75, 3.05) is 32.7 Å². The highest BCUT2D eigenvalue weighted by atomic mass is 15.2. The van der Waals surface area contributed by atoms with Crippen molar-refractivity contribution in [1.29, 1.82) is 0 Å². The van der Waals surface area contributed by atoms with Gasteiger partial charge < -0.3 is 9.80 Å². The zero-order valence-corrected chi connectivity index (χ0v) is 15.4. The summed E-state index contributed by atoms with van der Waals surface area (Å²) in [6.07, 6.45) is 8.55. The molecule has 2 aliphatic heterocycles. The fraction of sp³-hybridized carbons (Fsp3) is 1.00. The third-order valence-corrected chi connectivity index (χ3v) is 5.60. The molecule has 2 heterocycles. The maximum Gasteiger partial charge on any atom is 0.0120 e. The van der Waals surface area contributed by atoms with Crippen LogP contribution in [0.5, 0.6) is 0 Å². The van der Waals surface area contributed by atoms with E-state index >= 15 is 0 Å². The number of nitrogens with zero attached hydrogens (tertiary/aromatic N) is 2. The molecule has 0 aromatic carbocycles. The fourth-order valence-corrected chi connectivity index (χ4v) is 3.89. The van der Waals surface area contributed by atoms with Gasteiger partial charge in [-0.3, -0.25) is 0 Å². The van der Waals surface area contributed by atoms with Crippen molar-refractivity contribution in [2.24, 2.45) is 11.8 Å². The molecule has 0 N–H and O–H groups in total. The molecule has 0 spiro atoms. The smallest absolute Gasteiger partial charge is 0.0120 e. The molecule has 0 saturated carbocycles. The van der Waals surface area contributed by atoms with E-state index in [0.717, 1.165) is 17.9 Å². The number of piperidine rings is 2. The van der Waals surface area contributed by atoms with E-state index in [2.05, 4.69) is 30.6 Å². The Bertz CT molecular complexity index is 238. The largest absolute Gasteiger partial charge is 0.303 e. The first kappa shape index (κ1) is 19.0. The summed E-state index contributed by atoms with van der Waals surface area (Å²) in [5.41, 5.74) is 0. The second kappa shape index (κ2) is 10.6. The van der Waals surface area contributed by atoms with Gasteiger partial charge in [-0.05, 0) is 76.7 Å². The van der Waals surface area contributed by atoms with Crippen molar-refractivity contribution in [1.82, 2.24) is 9.80 Å². The van der Waals surface area contributed by atoms with Crippen LogP contribution in [0.1, 0.15) is 73.1 Å². The van der Waals surface area contributed by atoms with Gasteiger partial charge in [0.15, 0.2) is 0 Å². The lowest BCUT2D eigenvalue weighted by Crippen LogP contribution is -2.47. The summed E-state index contributed by atoms with van der Waals surface area (Å²) in [6.45, 7) is 17.7. The van der Waals surface area contributed by atoms with Gasteiger partial charge in [-0.25, -0.2) is 0 Å². The van der Waals surface area contributed by atoms with Crippen LogP contribution < -0.4 is 0 Å². The molecular formula is C19H40N2. The minimum Gasteiger partial charge on any atom is -0.303 e. The quantitative estimate of drug-likeness (QED) is 0.729. The van der Waals surface area contributed by atoms with Crippen LogP contribution in [0, 0.1) is 11.8 Å². The van der Waals surface area contributed by atoms with Gasteiger partial charge in [0, 0.05) is 6.04 Å². The lowest BCUT2D eigenvalue weighted by molar-refractivity contribution is 0.0750. The van der Waals surface area contributed by atoms with E-state index in [1.807, 2.05) is 13.8 Å². The second-order valence-corrected chi connectivity index (χ2v) is 6.89. The molecule has 2 heteroatoms. The highest BCUT2D eigenvalue weighted by Crippen LogP contribution is 2.28. The monoisotopic (exact) mass is 296 g/mol. The molecule has 0 radical (unpaired) electrons. The number of hydrogen-bond acceptors (Lipinski definition) is 2. The highest BCUT2D eigenvalue weighted by Gasteiger charge is 2.28. The number of hydrogen-bond donors (Lipinski definition) is 0. The maximum atomic E-state index is 2.81. The van der Waals surface area contributed by atoms with E-state index in [1.54, 1.807) is 0 Å². The topological polar surface area (TPSA) is 6.48 Å². The summed E-state index contributed by atoms with van der Waals surface area (Å²) in [4.78, 5) is 5.41. The lowest BCUT2D eigenvalue weighted by Gasteiger charge is -2.42. The summed E-state index contributed by atoms with van der Waals surface area (Å²) < 4.78 is 0. The normalized spacial score (nSPS) is 24.4. The molecule has 2 rings (SSSR count). The molecule has 0 bridgehead atoms. The fourth-order valence-electron chi connectivity index (χ4n) is 3.89. The highest BCUT2D eigenvalue weighted by molar-refractivity contribution is 4.83. The van der Waals surface area contributed by atoms with Gasteiger partial charge in [0.2, 0.25) is 0 Å². The molecule has 0 aromatic heterocycles. The minimum atomic E-state index is 0.896. The molecule has 0 amide bonds. The lowest BCUT2D eigenvalue weighted by atomic mass is 9.86. The molecular weight excluding hydrogens is 256 g/mol. The zero-order chi connectivity index (χ0) is 15.7. The van der Waals surface area contributed by atoms with E-state index in [-0.39, 0.29) is 0 Å². The van der Waals surface area contributed by atoms with E-state index in [1.165, 1.54) is 71.2 Å². The van der Waals surface area contributed by atoms with Crippen molar-refractivity contribution in [3.05, 3.63) is 0 Å². The first-order chi connectivity index (χ1) is 10.2. The Morgan fingerprint density at radius 2 is 1.48 bits per heavy atom. The van der Waals surface area contributed by atoms with Gasteiger partial charge >= 0.3 is 0 Å². The first-order valence-electron chi connectivity index (χ1n) is 9.69. The van der Waals surface area contributed by atoms with Crippen molar-refractivity contribution < 1.29 is 0 Å². The van der Waals surface area contributed by atoms with Crippen LogP contribution in [-0.4, -0.2) is 48.6 Å². The van der Waals surface area contributed by atoms with Crippen LogP contribution in [-0.2, 0) is 0 Å². The Morgan fingerprint density at radius 1 is 0.905 bits per heavy atom. The van der Waals surface area contributed by atoms with Gasteiger partial charge in [-0.15, -0.1) is 0 Å². The Morgan fingerprint density at radius 3 is 1.95 bits per heavy atom. The Labute approximate surface area is 134 Å². The van der Waals surface area contributed by atoms with Gasteiger partial charge in [0.1, 0.15) is 0 Å². The molecule has 0 aromatic rings. The van der Waals surface area contributed by atoms with Gasteiger partial charge in [0.25, 0.3) is 0 Å². The van der Waals surface area contributed by atoms with Gasteiger partial charge in [0.05, 0.1) is 0 Å². The Kier molecular flexibility index (Phi) is 9.59.